The van der Waals surface area contributed by atoms with Crippen LogP contribution < -0.4 is 9.64 Å². The van der Waals surface area contributed by atoms with Gasteiger partial charge in [-0.3, -0.25) is 0 Å². The summed E-state index contributed by atoms with van der Waals surface area (Å²) in [7, 11) is 0. The number of allylic oxidation sites excluding steroid dienone is 1. The third kappa shape index (κ3) is 3.37. The molecule has 19 heavy (non-hydrogen) atoms. The second-order valence-electron chi connectivity index (χ2n) is 4.27. The molecule has 0 radical (unpaired) electrons. The maximum absolute atomic E-state index is 5.67. The van der Waals surface area contributed by atoms with Crippen molar-refractivity contribution in [1.82, 2.24) is 0 Å². The number of benzene rings is 1. The molecule has 0 atom stereocenters. The van der Waals surface area contributed by atoms with E-state index in [9.17, 15) is 0 Å². The highest BCUT2D eigenvalue weighted by Crippen LogP contribution is 2.47. The molecule has 102 valence electrons. The molecule has 0 amide bonds. The second-order valence-corrected chi connectivity index (χ2v) is 6.41. The van der Waals surface area contributed by atoms with Gasteiger partial charge >= 0.3 is 0 Å². The Labute approximate surface area is 127 Å². The van der Waals surface area contributed by atoms with Gasteiger partial charge in [0.05, 0.1) is 17.3 Å². The molecular weight excluding hydrogens is 322 g/mol. The van der Waals surface area contributed by atoms with E-state index < -0.39 is 0 Å². The molecule has 0 fully saturated rings. The van der Waals surface area contributed by atoms with Gasteiger partial charge in [-0.15, -0.1) is 0 Å². The van der Waals surface area contributed by atoms with E-state index in [0.29, 0.717) is 0 Å². The number of anilines is 1. The van der Waals surface area contributed by atoms with E-state index in [-0.39, 0.29) is 0 Å². The lowest BCUT2D eigenvalue weighted by molar-refractivity contribution is 0.317. The average molecular weight is 340 g/mol. The van der Waals surface area contributed by atoms with E-state index in [1.54, 1.807) is 11.8 Å². The molecule has 1 aliphatic rings. The van der Waals surface area contributed by atoms with Crippen LogP contribution >= 0.6 is 27.7 Å². The van der Waals surface area contributed by atoms with E-state index >= 15 is 0 Å². The molecule has 0 saturated carbocycles. The Balaban J connectivity index is 2.25. The van der Waals surface area contributed by atoms with Crippen molar-refractivity contribution >= 4 is 33.4 Å². The molecular formula is C15H18BrNOS. The standard InChI is InChI=1S/C15H18BrNOS/c1-4-8-18-13-6-7-14-15(9-13)19-11(3)17(14)10-12(16)5-2/h6-7,9-10H,3-5,8H2,1-2H3/b12-10+. The average Bonchev–Trinajstić information content (AvgIpc) is 2.72. The minimum atomic E-state index is 0.759. The van der Waals surface area contributed by atoms with E-state index in [0.717, 1.165) is 34.7 Å². The summed E-state index contributed by atoms with van der Waals surface area (Å²) in [6.07, 6.45) is 4.09. The van der Waals surface area contributed by atoms with Gasteiger partial charge < -0.3 is 9.64 Å². The molecule has 4 heteroatoms. The molecule has 0 bridgehead atoms. The maximum Gasteiger partial charge on any atom is 0.120 e. The zero-order valence-corrected chi connectivity index (χ0v) is 13.7. The second kappa shape index (κ2) is 6.53. The molecule has 2 rings (SSSR count). The predicted octanol–water partition coefficient (Wildman–Crippen LogP) is 5.51. The van der Waals surface area contributed by atoms with Crippen molar-refractivity contribution < 1.29 is 4.74 Å². The Hall–Kier alpha value is -0.870. The van der Waals surface area contributed by atoms with Gasteiger partial charge in [-0.2, -0.15) is 0 Å². The van der Waals surface area contributed by atoms with Crippen molar-refractivity contribution in [2.24, 2.45) is 0 Å². The number of halogens is 1. The van der Waals surface area contributed by atoms with Gasteiger partial charge in [0.25, 0.3) is 0 Å². The molecule has 0 aliphatic carbocycles. The van der Waals surface area contributed by atoms with Crippen molar-refractivity contribution in [2.45, 2.75) is 31.6 Å². The number of nitrogens with zero attached hydrogens (tertiary/aromatic N) is 1. The summed E-state index contributed by atoms with van der Waals surface area (Å²) in [6.45, 7) is 9.10. The summed E-state index contributed by atoms with van der Waals surface area (Å²) in [5, 5.41) is 1.02. The zero-order chi connectivity index (χ0) is 13.8. The van der Waals surface area contributed by atoms with Crippen LogP contribution in [0.25, 0.3) is 0 Å². The van der Waals surface area contributed by atoms with Crippen LogP contribution in [0.2, 0.25) is 0 Å². The summed E-state index contributed by atoms with van der Waals surface area (Å²) in [6, 6.07) is 6.21. The molecule has 0 aromatic heterocycles. The number of fused-ring (bicyclic) bond motifs is 1. The SMILES string of the molecule is C=C1Sc2cc(OCCC)ccc2N1/C=C(/Br)CC. The van der Waals surface area contributed by atoms with E-state index in [4.69, 9.17) is 4.74 Å². The summed E-state index contributed by atoms with van der Waals surface area (Å²) in [4.78, 5) is 3.32. The Bertz CT molecular complexity index is 513. The fraction of sp³-hybridized carbons (Fsp3) is 0.333. The van der Waals surface area contributed by atoms with E-state index in [1.165, 1.54) is 10.6 Å². The first-order valence-corrected chi connectivity index (χ1v) is 8.05. The highest BCUT2D eigenvalue weighted by molar-refractivity contribution is 9.11. The van der Waals surface area contributed by atoms with Gasteiger partial charge in [0.2, 0.25) is 0 Å². The van der Waals surface area contributed by atoms with Crippen molar-refractivity contribution in [1.29, 1.82) is 0 Å². The third-order valence-corrected chi connectivity index (χ3v) is 4.51. The summed E-state index contributed by atoms with van der Waals surface area (Å²) >= 11 is 5.24. The van der Waals surface area contributed by atoms with Crippen LogP contribution in [0.5, 0.6) is 5.75 Å². The van der Waals surface area contributed by atoms with Crippen LogP contribution in [-0.2, 0) is 0 Å². The van der Waals surface area contributed by atoms with Gasteiger partial charge in [-0.1, -0.05) is 48.1 Å². The molecule has 0 unspecified atom stereocenters. The lowest BCUT2D eigenvalue weighted by atomic mass is 10.3. The molecule has 2 nitrogen and oxygen atoms in total. The van der Waals surface area contributed by atoms with Crippen LogP contribution in [0.1, 0.15) is 26.7 Å². The molecule has 0 saturated heterocycles. The number of thioether (sulfide) groups is 1. The summed E-state index contributed by atoms with van der Waals surface area (Å²) < 4.78 is 6.83. The number of hydrogen-bond donors (Lipinski definition) is 0. The van der Waals surface area contributed by atoms with Crippen LogP contribution in [0.3, 0.4) is 0 Å². The highest BCUT2D eigenvalue weighted by Gasteiger charge is 2.23. The third-order valence-electron chi connectivity index (χ3n) is 2.77. The largest absolute Gasteiger partial charge is 0.494 e. The first-order valence-electron chi connectivity index (χ1n) is 6.44. The van der Waals surface area contributed by atoms with Crippen molar-refractivity contribution in [3.05, 3.63) is 40.5 Å². The number of hydrogen-bond acceptors (Lipinski definition) is 3. The Morgan fingerprint density at radius 3 is 2.95 bits per heavy atom. The zero-order valence-electron chi connectivity index (χ0n) is 11.3. The minimum Gasteiger partial charge on any atom is -0.494 e. The summed E-state index contributed by atoms with van der Waals surface area (Å²) in [5.41, 5.74) is 1.17. The van der Waals surface area contributed by atoms with Gasteiger partial charge in [0.1, 0.15) is 5.75 Å². The van der Waals surface area contributed by atoms with Crippen LogP contribution in [0.4, 0.5) is 5.69 Å². The number of ether oxygens (including phenoxy) is 1. The van der Waals surface area contributed by atoms with Gasteiger partial charge in [0, 0.05) is 15.6 Å². The first-order chi connectivity index (χ1) is 9.15. The van der Waals surface area contributed by atoms with Gasteiger partial charge in [-0.25, -0.2) is 0 Å². The fourth-order valence-corrected chi connectivity index (χ4v) is 2.92. The van der Waals surface area contributed by atoms with Crippen LogP contribution in [0, 0.1) is 0 Å². The molecule has 1 aliphatic heterocycles. The van der Waals surface area contributed by atoms with Crippen molar-refractivity contribution in [2.75, 3.05) is 11.5 Å². The van der Waals surface area contributed by atoms with Crippen LogP contribution in [0.15, 0.2) is 45.4 Å². The molecule has 0 spiro atoms. The van der Waals surface area contributed by atoms with Gasteiger partial charge in [-0.05, 0) is 31.0 Å². The van der Waals surface area contributed by atoms with E-state index in [2.05, 4.69) is 59.6 Å². The Morgan fingerprint density at radius 1 is 1.47 bits per heavy atom. The lowest BCUT2D eigenvalue weighted by Crippen LogP contribution is -2.08. The highest BCUT2D eigenvalue weighted by atomic mass is 79.9. The molecule has 1 aromatic carbocycles. The van der Waals surface area contributed by atoms with Crippen LogP contribution in [-0.4, -0.2) is 6.61 Å². The topological polar surface area (TPSA) is 12.5 Å². The van der Waals surface area contributed by atoms with Crippen molar-refractivity contribution in [3.63, 3.8) is 0 Å². The molecule has 1 heterocycles. The van der Waals surface area contributed by atoms with Crippen molar-refractivity contribution in [3.8, 4) is 5.75 Å². The quantitative estimate of drug-likeness (QED) is 0.702. The fourth-order valence-electron chi connectivity index (χ4n) is 1.77. The normalized spacial score (nSPS) is 14.8. The molecule has 1 aromatic rings. The predicted molar refractivity (Wildman–Crippen MR) is 87.0 cm³/mol. The maximum atomic E-state index is 5.67. The monoisotopic (exact) mass is 339 g/mol. The molecule has 0 N–H and O–H groups in total. The Kier molecular flexibility index (Phi) is 4.99. The number of rotatable bonds is 5. The smallest absolute Gasteiger partial charge is 0.120 e. The minimum absolute atomic E-state index is 0.759. The lowest BCUT2D eigenvalue weighted by Gasteiger charge is -2.15. The van der Waals surface area contributed by atoms with E-state index in [1.807, 2.05) is 6.07 Å². The first kappa shape index (κ1) is 14.5. The summed E-state index contributed by atoms with van der Waals surface area (Å²) in [5.74, 6) is 0.932. The Morgan fingerprint density at radius 2 is 2.26 bits per heavy atom. The van der Waals surface area contributed by atoms with Gasteiger partial charge in [0.15, 0.2) is 0 Å².